The molecule has 1 aromatic heterocycles. The Kier molecular flexibility index (Phi) is 4.54. The molecule has 84 valence electrons. The molecular weight excluding hydrogens is 220 g/mol. The average Bonchev–Trinajstić information content (AvgIpc) is 2.16. The predicted molar refractivity (Wildman–Crippen MR) is 57.8 cm³/mol. The molecule has 7 heteroatoms. The topological polar surface area (TPSA) is 95.5 Å². The number of halogens is 1. The number of nitrogens with two attached hydrogens (primary N) is 1. The highest BCUT2D eigenvalue weighted by atomic mass is 35.5. The molecule has 6 nitrogen and oxygen atoms in total. The van der Waals surface area contributed by atoms with Gasteiger partial charge in [0.15, 0.2) is 0 Å². The van der Waals surface area contributed by atoms with E-state index in [0.29, 0.717) is 19.0 Å². The number of rotatable bonds is 5. The summed E-state index contributed by atoms with van der Waals surface area (Å²) in [5.74, 6) is 0.564. The predicted octanol–water partition coefficient (Wildman–Crippen LogP) is -0.497. The van der Waals surface area contributed by atoms with Gasteiger partial charge in [0, 0.05) is 19.2 Å². The smallest absolute Gasteiger partial charge is 0.228 e. The van der Waals surface area contributed by atoms with E-state index >= 15 is 0 Å². The third kappa shape index (κ3) is 3.50. The van der Waals surface area contributed by atoms with Gasteiger partial charge in [-0.3, -0.25) is 0 Å². The highest BCUT2D eigenvalue weighted by molar-refractivity contribution is 6.29. The lowest BCUT2D eigenvalue weighted by molar-refractivity contribution is 0.280. The monoisotopic (exact) mass is 232 g/mol. The summed E-state index contributed by atoms with van der Waals surface area (Å²) in [4.78, 5) is 9.51. The number of aliphatic hydroxyl groups excluding tert-OH is 2. The largest absolute Gasteiger partial charge is 0.395 e. The normalized spacial score (nSPS) is 10.3. The van der Waals surface area contributed by atoms with Crippen LogP contribution in [0.5, 0.6) is 0 Å². The maximum Gasteiger partial charge on any atom is 0.228 e. The van der Waals surface area contributed by atoms with E-state index in [1.165, 1.54) is 6.07 Å². The van der Waals surface area contributed by atoms with E-state index in [1.807, 2.05) is 0 Å². The summed E-state index contributed by atoms with van der Waals surface area (Å²) in [7, 11) is 0. The van der Waals surface area contributed by atoms with Gasteiger partial charge in [0.2, 0.25) is 5.95 Å². The van der Waals surface area contributed by atoms with Crippen LogP contribution >= 0.6 is 11.6 Å². The fourth-order valence-electron chi connectivity index (χ4n) is 1.12. The number of aliphatic hydroxyl groups is 2. The first-order valence-electron chi connectivity index (χ1n) is 4.44. The molecule has 0 radical (unpaired) electrons. The Hall–Kier alpha value is -1.11. The van der Waals surface area contributed by atoms with Gasteiger partial charge in [-0.05, 0) is 0 Å². The van der Waals surface area contributed by atoms with Crippen LogP contribution in [0.1, 0.15) is 0 Å². The molecule has 0 aliphatic carbocycles. The zero-order chi connectivity index (χ0) is 11.3. The lowest BCUT2D eigenvalue weighted by Gasteiger charge is -2.20. The van der Waals surface area contributed by atoms with Gasteiger partial charge in [0.1, 0.15) is 11.0 Å². The summed E-state index contributed by atoms with van der Waals surface area (Å²) >= 11 is 5.71. The fourth-order valence-corrected chi connectivity index (χ4v) is 1.30. The van der Waals surface area contributed by atoms with Crippen molar-refractivity contribution >= 4 is 23.4 Å². The standard InChI is InChI=1S/C8H13ClN4O2/c9-6-5-7(10)12-8(11-6)13(1-3-14)2-4-15/h5,14-15H,1-4H2,(H2,10,11,12). The molecule has 0 spiro atoms. The molecule has 1 rings (SSSR count). The Morgan fingerprint density at radius 3 is 2.33 bits per heavy atom. The molecule has 0 bridgehead atoms. The summed E-state index contributed by atoms with van der Waals surface area (Å²) in [6.45, 7) is 0.520. The quantitative estimate of drug-likeness (QED) is 0.593. The zero-order valence-corrected chi connectivity index (χ0v) is 8.85. The van der Waals surface area contributed by atoms with Crippen molar-refractivity contribution in [3.05, 3.63) is 11.2 Å². The molecule has 0 unspecified atom stereocenters. The van der Waals surface area contributed by atoms with Crippen molar-refractivity contribution in [3.8, 4) is 0 Å². The first-order chi connectivity index (χ1) is 7.17. The van der Waals surface area contributed by atoms with Crippen LogP contribution in [0, 0.1) is 0 Å². The highest BCUT2D eigenvalue weighted by Gasteiger charge is 2.09. The van der Waals surface area contributed by atoms with E-state index in [0.717, 1.165) is 0 Å². The second kappa shape index (κ2) is 5.69. The molecule has 1 heterocycles. The van der Waals surface area contributed by atoms with Crippen molar-refractivity contribution in [1.29, 1.82) is 0 Å². The van der Waals surface area contributed by atoms with Gasteiger partial charge < -0.3 is 20.8 Å². The first kappa shape index (κ1) is 12.0. The van der Waals surface area contributed by atoms with Gasteiger partial charge in [0.25, 0.3) is 0 Å². The SMILES string of the molecule is Nc1cc(Cl)nc(N(CCO)CCO)n1. The lowest BCUT2D eigenvalue weighted by atomic mass is 10.5. The summed E-state index contributed by atoms with van der Waals surface area (Å²) < 4.78 is 0. The Balaban J connectivity index is 2.88. The third-order valence-electron chi connectivity index (χ3n) is 1.73. The van der Waals surface area contributed by atoms with Crippen LogP contribution in [-0.2, 0) is 0 Å². The van der Waals surface area contributed by atoms with Crippen molar-refractivity contribution in [1.82, 2.24) is 9.97 Å². The van der Waals surface area contributed by atoms with Gasteiger partial charge in [-0.2, -0.15) is 4.98 Å². The zero-order valence-electron chi connectivity index (χ0n) is 8.10. The summed E-state index contributed by atoms with van der Waals surface area (Å²) in [6.07, 6.45) is 0. The molecule has 4 N–H and O–H groups in total. The molecule has 0 fully saturated rings. The number of hydrogen-bond acceptors (Lipinski definition) is 6. The highest BCUT2D eigenvalue weighted by Crippen LogP contribution is 2.14. The minimum absolute atomic E-state index is 0.0597. The van der Waals surface area contributed by atoms with Gasteiger partial charge >= 0.3 is 0 Å². The summed E-state index contributed by atoms with van der Waals surface area (Å²) in [5.41, 5.74) is 5.50. The Morgan fingerprint density at radius 2 is 1.87 bits per heavy atom. The van der Waals surface area contributed by atoms with Crippen molar-refractivity contribution in [2.24, 2.45) is 0 Å². The Morgan fingerprint density at radius 1 is 1.27 bits per heavy atom. The fraction of sp³-hybridized carbons (Fsp3) is 0.500. The Labute approximate surface area is 92.3 Å². The van der Waals surface area contributed by atoms with Gasteiger partial charge in [-0.25, -0.2) is 4.98 Å². The number of nitrogens with zero attached hydrogens (tertiary/aromatic N) is 3. The lowest BCUT2D eigenvalue weighted by Crippen LogP contribution is -2.31. The minimum Gasteiger partial charge on any atom is -0.395 e. The van der Waals surface area contributed by atoms with Crippen molar-refractivity contribution in [2.45, 2.75) is 0 Å². The molecule has 0 aliphatic heterocycles. The second-order valence-electron chi connectivity index (χ2n) is 2.85. The van der Waals surface area contributed by atoms with Crippen LogP contribution in [0.15, 0.2) is 6.07 Å². The van der Waals surface area contributed by atoms with Crippen molar-refractivity contribution < 1.29 is 10.2 Å². The van der Waals surface area contributed by atoms with Gasteiger partial charge in [-0.15, -0.1) is 0 Å². The van der Waals surface area contributed by atoms with Crippen LogP contribution < -0.4 is 10.6 Å². The van der Waals surface area contributed by atoms with Crippen LogP contribution in [0.2, 0.25) is 5.15 Å². The van der Waals surface area contributed by atoms with E-state index in [2.05, 4.69) is 9.97 Å². The van der Waals surface area contributed by atoms with Crippen LogP contribution in [0.3, 0.4) is 0 Å². The number of aromatic nitrogens is 2. The van der Waals surface area contributed by atoms with E-state index in [4.69, 9.17) is 27.5 Å². The molecule has 15 heavy (non-hydrogen) atoms. The molecule has 0 aromatic carbocycles. The van der Waals surface area contributed by atoms with Crippen LogP contribution in [0.4, 0.5) is 11.8 Å². The molecule has 0 atom stereocenters. The molecule has 0 saturated carbocycles. The number of hydrogen-bond donors (Lipinski definition) is 3. The minimum atomic E-state index is -0.0597. The van der Waals surface area contributed by atoms with Gasteiger partial charge in [-0.1, -0.05) is 11.6 Å². The van der Waals surface area contributed by atoms with E-state index in [9.17, 15) is 0 Å². The summed E-state index contributed by atoms with van der Waals surface area (Å²) in [5, 5.41) is 17.9. The average molecular weight is 233 g/mol. The van der Waals surface area contributed by atoms with E-state index < -0.39 is 0 Å². The van der Waals surface area contributed by atoms with Crippen LogP contribution in [0.25, 0.3) is 0 Å². The van der Waals surface area contributed by atoms with Crippen LogP contribution in [-0.4, -0.2) is 46.5 Å². The molecule has 1 aromatic rings. The first-order valence-corrected chi connectivity index (χ1v) is 4.82. The molecule has 0 amide bonds. The van der Waals surface area contributed by atoms with E-state index in [-0.39, 0.29) is 24.2 Å². The van der Waals surface area contributed by atoms with Gasteiger partial charge in [0.05, 0.1) is 13.2 Å². The third-order valence-corrected chi connectivity index (χ3v) is 1.92. The maximum absolute atomic E-state index is 8.82. The Bertz CT molecular complexity index is 297. The molecular formula is C8H13ClN4O2. The maximum atomic E-state index is 8.82. The second-order valence-corrected chi connectivity index (χ2v) is 3.24. The van der Waals surface area contributed by atoms with E-state index in [1.54, 1.807) is 4.90 Å². The van der Waals surface area contributed by atoms with Crippen molar-refractivity contribution in [2.75, 3.05) is 36.9 Å². The number of nitrogen functional groups attached to an aromatic ring is 1. The number of anilines is 2. The molecule has 0 saturated heterocycles. The molecule has 0 aliphatic rings. The summed E-state index contributed by atoms with van der Waals surface area (Å²) in [6, 6.07) is 1.43. The van der Waals surface area contributed by atoms with Crippen molar-refractivity contribution in [3.63, 3.8) is 0 Å².